The Labute approximate surface area is 231 Å². The first-order valence-corrected chi connectivity index (χ1v) is 13.5. The number of rotatable bonds is 8. The number of carbonyl (C=O) groups excluding carboxylic acids is 1. The molecule has 5 rings (SSSR count). The van der Waals surface area contributed by atoms with E-state index in [4.69, 9.17) is 20.3 Å². The van der Waals surface area contributed by atoms with Crippen LogP contribution in [0.1, 0.15) is 59.5 Å². The number of aromatic nitrogens is 3. The van der Waals surface area contributed by atoms with Crippen molar-refractivity contribution >= 4 is 23.4 Å². The smallest absolute Gasteiger partial charge is 0.321 e. The predicted octanol–water partition coefficient (Wildman–Crippen LogP) is 3.17. The third kappa shape index (κ3) is 5.93. The van der Waals surface area contributed by atoms with Crippen molar-refractivity contribution in [3.8, 4) is 11.9 Å². The second-order valence-electron chi connectivity index (χ2n) is 10.3. The van der Waals surface area contributed by atoms with Crippen molar-refractivity contribution in [1.82, 2.24) is 14.5 Å². The van der Waals surface area contributed by atoms with Crippen LogP contribution in [-0.2, 0) is 18.3 Å². The number of pyridine rings is 1. The fraction of sp³-hybridized carbons (Fsp3) is 0.414. The molecule has 0 radical (unpaired) electrons. The molecule has 0 bridgehead atoms. The minimum atomic E-state index is -0.730. The Morgan fingerprint density at radius 1 is 1.12 bits per heavy atom. The standard InChI is InChI=1S/C29H33N5O6/c1-33-13-2-3-21(27(33)37)12-15-40-29-31-25(30)24-26(32-29)39-16-14-34(28(24)38)22-10-8-20(9-11-22)19-6-4-18(5-7-19)17-23(35)36/h2-3,8-11,13,18-19H,4-7,12,14-17H2,1H3,(H,35,36)(H2,30,31,32). The molecule has 3 heterocycles. The lowest BCUT2D eigenvalue weighted by Crippen LogP contribution is -2.32. The number of carboxylic acids is 1. The highest BCUT2D eigenvalue weighted by atomic mass is 16.5. The van der Waals surface area contributed by atoms with E-state index < -0.39 is 5.97 Å². The molecule has 11 heteroatoms. The van der Waals surface area contributed by atoms with Gasteiger partial charge in [0, 0.05) is 37.3 Å². The zero-order chi connectivity index (χ0) is 28.2. The molecule has 1 aliphatic heterocycles. The summed E-state index contributed by atoms with van der Waals surface area (Å²) in [6.45, 7) is 0.677. The van der Waals surface area contributed by atoms with Crippen LogP contribution < -0.4 is 25.7 Å². The molecular weight excluding hydrogens is 514 g/mol. The van der Waals surface area contributed by atoms with Crippen molar-refractivity contribution in [2.45, 2.75) is 44.4 Å². The number of carboxylic acid groups (broad SMARTS) is 1. The molecule has 0 unspecified atom stereocenters. The Bertz CT molecular complexity index is 1450. The van der Waals surface area contributed by atoms with E-state index in [0.717, 1.165) is 25.7 Å². The first-order valence-electron chi connectivity index (χ1n) is 13.5. The third-order valence-electron chi connectivity index (χ3n) is 7.69. The molecule has 40 heavy (non-hydrogen) atoms. The summed E-state index contributed by atoms with van der Waals surface area (Å²) >= 11 is 0. The molecule has 3 aromatic rings. The Morgan fingerprint density at radius 2 is 1.88 bits per heavy atom. The lowest BCUT2D eigenvalue weighted by atomic mass is 9.77. The van der Waals surface area contributed by atoms with Crippen LogP contribution in [0, 0.1) is 5.92 Å². The average Bonchev–Trinajstić information content (AvgIpc) is 3.10. The molecule has 1 amide bonds. The van der Waals surface area contributed by atoms with Gasteiger partial charge in [0.05, 0.1) is 13.2 Å². The second kappa shape index (κ2) is 11.8. The number of nitrogens with zero attached hydrogens (tertiary/aromatic N) is 4. The summed E-state index contributed by atoms with van der Waals surface area (Å²) in [6.07, 6.45) is 6.03. The largest absolute Gasteiger partial charge is 0.481 e. The summed E-state index contributed by atoms with van der Waals surface area (Å²) < 4.78 is 12.9. The van der Waals surface area contributed by atoms with Gasteiger partial charge in [-0.05, 0) is 61.3 Å². The fourth-order valence-corrected chi connectivity index (χ4v) is 5.49. The van der Waals surface area contributed by atoms with Crippen LogP contribution in [0.4, 0.5) is 11.5 Å². The van der Waals surface area contributed by atoms with E-state index in [1.165, 1.54) is 10.1 Å². The quantitative estimate of drug-likeness (QED) is 0.433. The molecule has 1 aliphatic carbocycles. The molecule has 0 atom stereocenters. The molecule has 3 N–H and O–H groups in total. The summed E-state index contributed by atoms with van der Waals surface area (Å²) in [5.74, 6) is -0.421. The number of benzene rings is 1. The number of amides is 1. The molecule has 1 fully saturated rings. The third-order valence-corrected chi connectivity index (χ3v) is 7.69. The van der Waals surface area contributed by atoms with E-state index in [1.54, 1.807) is 30.3 Å². The number of ether oxygens (including phenoxy) is 2. The van der Waals surface area contributed by atoms with E-state index in [1.807, 2.05) is 24.3 Å². The van der Waals surface area contributed by atoms with E-state index >= 15 is 0 Å². The topological polar surface area (TPSA) is 150 Å². The van der Waals surface area contributed by atoms with Gasteiger partial charge in [0.1, 0.15) is 18.0 Å². The Balaban J connectivity index is 1.25. The van der Waals surface area contributed by atoms with Gasteiger partial charge in [0.25, 0.3) is 11.5 Å². The molecular formula is C29H33N5O6. The van der Waals surface area contributed by atoms with E-state index in [2.05, 4.69) is 9.97 Å². The Kier molecular flexibility index (Phi) is 7.99. The van der Waals surface area contributed by atoms with E-state index in [-0.39, 0.29) is 60.3 Å². The molecule has 1 aromatic carbocycles. The van der Waals surface area contributed by atoms with Crippen LogP contribution in [0.5, 0.6) is 11.9 Å². The minimum absolute atomic E-state index is 0.0207. The summed E-state index contributed by atoms with van der Waals surface area (Å²) in [6, 6.07) is 11.4. The van der Waals surface area contributed by atoms with Gasteiger partial charge in [-0.2, -0.15) is 9.97 Å². The number of nitrogen functional groups attached to an aromatic ring is 1. The molecule has 210 valence electrons. The number of fused-ring (bicyclic) bond motifs is 1. The summed E-state index contributed by atoms with van der Waals surface area (Å²) in [7, 11) is 1.69. The van der Waals surface area contributed by atoms with Crippen LogP contribution in [0.25, 0.3) is 0 Å². The molecule has 0 spiro atoms. The van der Waals surface area contributed by atoms with Gasteiger partial charge in [0.15, 0.2) is 0 Å². The van der Waals surface area contributed by atoms with Gasteiger partial charge in [-0.1, -0.05) is 18.2 Å². The summed E-state index contributed by atoms with van der Waals surface area (Å²) in [5, 5.41) is 9.05. The molecule has 2 aromatic heterocycles. The highest BCUT2D eigenvalue weighted by molar-refractivity contribution is 6.10. The van der Waals surface area contributed by atoms with Gasteiger partial charge in [-0.25, -0.2) is 0 Å². The molecule has 11 nitrogen and oxygen atoms in total. The number of aryl methyl sites for hydroxylation is 1. The van der Waals surface area contributed by atoms with Gasteiger partial charge in [-0.15, -0.1) is 0 Å². The average molecular weight is 548 g/mol. The Morgan fingerprint density at radius 3 is 2.60 bits per heavy atom. The number of nitrogens with two attached hydrogens (primary N) is 1. The van der Waals surface area contributed by atoms with Crippen molar-refractivity contribution in [3.05, 3.63) is 69.6 Å². The van der Waals surface area contributed by atoms with Crippen LogP contribution in [0.2, 0.25) is 0 Å². The monoisotopic (exact) mass is 547 g/mol. The first-order chi connectivity index (χ1) is 19.3. The molecule has 2 aliphatic rings. The number of hydrogen-bond acceptors (Lipinski definition) is 8. The van der Waals surface area contributed by atoms with Crippen LogP contribution >= 0.6 is 0 Å². The van der Waals surface area contributed by atoms with Gasteiger partial charge >= 0.3 is 12.0 Å². The minimum Gasteiger partial charge on any atom is -0.481 e. The Hall–Kier alpha value is -4.41. The zero-order valence-corrected chi connectivity index (χ0v) is 22.4. The normalized spacial score (nSPS) is 18.9. The summed E-state index contributed by atoms with van der Waals surface area (Å²) in [4.78, 5) is 46.8. The van der Waals surface area contributed by atoms with Crippen LogP contribution in [0.15, 0.2) is 47.4 Å². The summed E-state index contributed by atoms with van der Waals surface area (Å²) in [5.41, 5.74) is 8.68. The van der Waals surface area contributed by atoms with Gasteiger partial charge in [0.2, 0.25) is 5.88 Å². The predicted molar refractivity (Wildman–Crippen MR) is 148 cm³/mol. The van der Waals surface area contributed by atoms with Crippen LogP contribution in [-0.4, -0.2) is 51.3 Å². The first kappa shape index (κ1) is 27.2. The highest BCUT2D eigenvalue weighted by Crippen LogP contribution is 2.38. The zero-order valence-electron chi connectivity index (χ0n) is 22.4. The molecule has 1 saturated carbocycles. The van der Waals surface area contributed by atoms with E-state index in [0.29, 0.717) is 30.1 Å². The van der Waals surface area contributed by atoms with Crippen molar-refractivity contribution in [2.24, 2.45) is 13.0 Å². The van der Waals surface area contributed by atoms with Gasteiger partial charge < -0.3 is 29.8 Å². The lowest BCUT2D eigenvalue weighted by Gasteiger charge is -2.28. The number of aliphatic carboxylic acids is 1. The number of anilines is 2. The maximum Gasteiger partial charge on any atom is 0.321 e. The van der Waals surface area contributed by atoms with Crippen molar-refractivity contribution < 1.29 is 24.2 Å². The fourth-order valence-electron chi connectivity index (χ4n) is 5.49. The van der Waals surface area contributed by atoms with E-state index in [9.17, 15) is 14.4 Å². The van der Waals surface area contributed by atoms with Crippen molar-refractivity contribution in [2.75, 3.05) is 30.4 Å². The van der Waals surface area contributed by atoms with Crippen LogP contribution in [0.3, 0.4) is 0 Å². The van der Waals surface area contributed by atoms with Crippen molar-refractivity contribution in [3.63, 3.8) is 0 Å². The van der Waals surface area contributed by atoms with Crippen molar-refractivity contribution in [1.29, 1.82) is 0 Å². The maximum absolute atomic E-state index is 13.5. The lowest BCUT2D eigenvalue weighted by molar-refractivity contribution is -0.138. The second-order valence-corrected chi connectivity index (χ2v) is 10.3. The number of hydrogen-bond donors (Lipinski definition) is 2. The van der Waals surface area contributed by atoms with Gasteiger partial charge in [-0.3, -0.25) is 14.4 Å². The molecule has 0 saturated heterocycles. The SMILES string of the molecule is Cn1cccc(CCOc2nc(N)c3c(n2)OCCN(c2ccc(C4CCC(CC(=O)O)CC4)cc2)C3=O)c1=O. The maximum atomic E-state index is 13.5. The highest BCUT2D eigenvalue weighted by Gasteiger charge is 2.30. The number of carbonyl (C=O) groups is 2.